The predicted molar refractivity (Wildman–Crippen MR) is 501 cm³/mol. The van der Waals surface area contributed by atoms with Crippen LogP contribution >= 0.6 is 0 Å². The summed E-state index contributed by atoms with van der Waals surface area (Å²) in [4.78, 5) is 19.2. The highest BCUT2D eigenvalue weighted by molar-refractivity contribution is 6.16. The molecule has 0 unspecified atom stereocenters. The Morgan fingerprint density at radius 3 is 1.10 bits per heavy atom. The summed E-state index contributed by atoms with van der Waals surface area (Å²) in [6.07, 6.45) is 14.3. The van der Waals surface area contributed by atoms with Crippen molar-refractivity contribution in [3.05, 3.63) is 333 Å². The first-order chi connectivity index (χ1) is 59.4. The van der Waals surface area contributed by atoms with Gasteiger partial charge in [-0.25, -0.2) is 23.3 Å². The van der Waals surface area contributed by atoms with E-state index in [1.807, 2.05) is 36.8 Å². The van der Waals surface area contributed by atoms with Crippen LogP contribution in [0.3, 0.4) is 0 Å². The second kappa shape index (κ2) is 27.8. The van der Waals surface area contributed by atoms with Gasteiger partial charge >= 0.3 is 0 Å². The average Bonchev–Trinajstić information content (AvgIpc) is 1.17. The zero-order valence-corrected chi connectivity index (χ0v) is 74.3. The molecule has 0 N–H and O–H groups in total. The summed E-state index contributed by atoms with van der Waals surface area (Å²) in [6, 6.07) is 72.0. The second-order valence-electron chi connectivity index (χ2n) is 37.4. The minimum Gasteiger partial charge on any atom is -0.455 e. The Labute approximate surface area is 722 Å². The number of aryl methyl sites for hydroxylation is 12. The number of rotatable bonds is 4. The van der Waals surface area contributed by atoms with Gasteiger partial charge in [-0.05, 0) is 209 Å². The second-order valence-corrected chi connectivity index (χ2v) is 37.4. The molecule has 12 heteroatoms. The number of fused-ring (bicyclic) bond motifs is 25. The van der Waals surface area contributed by atoms with Gasteiger partial charge in [0.05, 0.1) is 45.0 Å². The number of pyridine rings is 8. The molecular weight excluding hydrogens is 1520 g/mol. The smallest absolute Gasteiger partial charge is 0.227 e. The van der Waals surface area contributed by atoms with Crippen LogP contribution in [0, 0.1) is 55.4 Å². The fourth-order valence-electron chi connectivity index (χ4n) is 21.3. The first kappa shape index (κ1) is 77.5. The van der Waals surface area contributed by atoms with Crippen LogP contribution in [-0.4, -0.2) is 19.9 Å². The molecule has 0 spiro atoms. The normalized spacial score (nSPS) is 14.2. The molecule has 0 radical (unpaired) electrons. The third-order valence-corrected chi connectivity index (χ3v) is 27.6. The lowest BCUT2D eigenvalue weighted by atomic mass is 9.82. The molecule has 12 aromatic heterocycles. The van der Waals surface area contributed by atoms with Crippen LogP contribution in [0.4, 0.5) is 0 Å². The maximum Gasteiger partial charge on any atom is 0.227 e. The Balaban J connectivity index is 0.000000101. The molecule has 4 aliphatic rings. The van der Waals surface area contributed by atoms with E-state index in [1.165, 1.54) is 133 Å². The lowest BCUT2D eigenvalue weighted by Crippen LogP contribution is -2.31. The molecule has 0 saturated heterocycles. The van der Waals surface area contributed by atoms with Crippen LogP contribution in [-0.2, 0) is 49.9 Å². The summed E-state index contributed by atoms with van der Waals surface area (Å²) in [7, 11) is 8.40. The van der Waals surface area contributed by atoms with Gasteiger partial charge in [0.25, 0.3) is 0 Å². The fourth-order valence-corrected chi connectivity index (χ4v) is 21.3. The molecule has 124 heavy (non-hydrogen) atoms. The van der Waals surface area contributed by atoms with E-state index in [1.54, 1.807) is 0 Å². The van der Waals surface area contributed by atoms with E-state index >= 15 is 0 Å². The van der Waals surface area contributed by atoms with E-state index in [0.29, 0.717) is 5.71 Å². The maximum atomic E-state index is 6.77. The largest absolute Gasteiger partial charge is 0.455 e. The standard InChI is InChI=1S/4C28H25N2O/c1-16-8-13-22(30(5)15-16)23-17(2)9-10-19-20-12-11-18-21-7-6-14-29-27(21)28(3,4)24(18)26(20)31-25(19)23;1-16-8-11-23(30(5)15-16)25-17(2)9-10-18-21-13-22-20(14-24(21)31-26(18)25)19-7-6-12-29-27(19)28(22,3)4;1-16-8-11-23(30(5)15-16)25-17(2)9-10-18-21-13-20-19-7-6-12-29-27(19)28(3,4)22(20)14-24(21)31-26(18)25;1-16-10-13-23(30(5)15-16)24-17(2)11-12-18-20-14-22-25(29-27(20)31-26(18)24)19-8-6-7-9-21(19)28(22,3)4/h4*6-15H,1-5H3/q4*+1. The van der Waals surface area contributed by atoms with Crippen LogP contribution < -0.4 is 18.3 Å². The number of hydrogen-bond acceptors (Lipinski definition) is 8. The summed E-state index contributed by atoms with van der Waals surface area (Å²) in [5.41, 5.74) is 45.4. The van der Waals surface area contributed by atoms with Crippen molar-refractivity contribution in [2.75, 3.05) is 0 Å². The number of nitrogens with zero attached hydrogens (tertiary/aromatic N) is 8. The number of aromatic nitrogens is 8. The van der Waals surface area contributed by atoms with Crippen LogP contribution in [0.25, 0.3) is 178 Å². The van der Waals surface area contributed by atoms with Crippen molar-refractivity contribution < 1.29 is 35.9 Å². The van der Waals surface area contributed by atoms with E-state index in [-0.39, 0.29) is 21.7 Å². The molecule has 4 aliphatic carbocycles. The fraction of sp³-hybridized carbons (Fsp3) is 0.214. The summed E-state index contributed by atoms with van der Waals surface area (Å²) in [5, 5.41) is 9.21. The Morgan fingerprint density at radius 2 is 0.629 bits per heavy atom. The first-order valence-corrected chi connectivity index (χ1v) is 43.2. The molecule has 0 saturated carbocycles. The van der Waals surface area contributed by atoms with Crippen LogP contribution in [0.1, 0.15) is 145 Å². The maximum absolute atomic E-state index is 6.77. The van der Waals surface area contributed by atoms with Gasteiger partial charge in [0.1, 0.15) is 61.7 Å². The summed E-state index contributed by atoms with van der Waals surface area (Å²) >= 11 is 0. The molecule has 24 rings (SSSR count). The molecule has 8 aromatic carbocycles. The van der Waals surface area contributed by atoms with Crippen molar-refractivity contribution >= 4 is 87.9 Å². The summed E-state index contributed by atoms with van der Waals surface area (Å²) in [6.45, 7) is 35.2. The Morgan fingerprint density at radius 1 is 0.266 bits per heavy atom. The van der Waals surface area contributed by atoms with Gasteiger partial charge in [-0.15, -0.1) is 0 Å². The molecule has 0 atom stereocenters. The highest BCUT2D eigenvalue weighted by atomic mass is 16.3. The van der Waals surface area contributed by atoms with Gasteiger partial charge < -0.3 is 17.7 Å². The predicted octanol–water partition coefficient (Wildman–Crippen LogP) is 25.6. The minimum absolute atomic E-state index is 0.0758. The van der Waals surface area contributed by atoms with Gasteiger partial charge in [-0.3, -0.25) is 15.0 Å². The van der Waals surface area contributed by atoms with Crippen molar-refractivity contribution in [2.24, 2.45) is 28.2 Å². The van der Waals surface area contributed by atoms with E-state index in [9.17, 15) is 0 Å². The Bertz CT molecular complexity index is 7680. The first-order valence-electron chi connectivity index (χ1n) is 43.2. The quantitative estimate of drug-likeness (QED) is 0.160. The molecule has 12 nitrogen and oxygen atoms in total. The molecule has 0 fully saturated rings. The minimum atomic E-state index is -0.205. The zero-order valence-electron chi connectivity index (χ0n) is 74.3. The topological polar surface area (TPSA) is 120 Å². The monoisotopic (exact) mass is 1620 g/mol. The Hall–Kier alpha value is -13.8. The van der Waals surface area contributed by atoms with Crippen molar-refractivity contribution in [3.63, 3.8) is 0 Å². The van der Waals surface area contributed by atoms with E-state index in [2.05, 4.69) is 364 Å². The van der Waals surface area contributed by atoms with Crippen LogP contribution in [0.2, 0.25) is 0 Å². The highest BCUT2D eigenvalue weighted by Crippen LogP contribution is 2.56. The summed E-state index contributed by atoms with van der Waals surface area (Å²) < 4.78 is 35.2. The average molecular weight is 1620 g/mol. The van der Waals surface area contributed by atoms with Crippen molar-refractivity contribution in [2.45, 2.75) is 132 Å². The Kier molecular flexibility index (Phi) is 17.4. The molecule has 0 aliphatic heterocycles. The highest BCUT2D eigenvalue weighted by Gasteiger charge is 2.44. The number of furan rings is 4. The summed E-state index contributed by atoms with van der Waals surface area (Å²) in [5.74, 6) is 0. The van der Waals surface area contributed by atoms with Gasteiger partial charge in [0.2, 0.25) is 28.5 Å². The lowest BCUT2D eigenvalue weighted by Gasteiger charge is -2.20. The van der Waals surface area contributed by atoms with Crippen molar-refractivity contribution in [1.29, 1.82) is 0 Å². The molecular formula is C112H100N8O4+4. The number of benzene rings is 8. The van der Waals surface area contributed by atoms with E-state index < -0.39 is 0 Å². The molecule has 608 valence electrons. The van der Waals surface area contributed by atoms with Crippen molar-refractivity contribution in [3.8, 4) is 89.7 Å². The van der Waals surface area contributed by atoms with Crippen molar-refractivity contribution in [1.82, 2.24) is 19.9 Å². The molecule has 12 heterocycles. The van der Waals surface area contributed by atoms with Gasteiger partial charge in [0, 0.05) is 158 Å². The zero-order chi connectivity index (χ0) is 86.0. The third kappa shape index (κ3) is 11.6. The lowest BCUT2D eigenvalue weighted by molar-refractivity contribution is -0.660. The SMILES string of the molecule is Cc1ccc(-c2c(C)ccc3c2oc2c4c(ccc23)-c2cccnc2C4(C)C)[n+](C)c1.Cc1ccc(-c2c(C)ccc3c2oc2cc4c(cc23)-c2cccnc2C4(C)C)[n+](C)c1.Cc1ccc(-c2c(C)ccc3c2oc2cc4c(cc23)C(C)(C)c2ncccc2-4)[n+](C)c1.Cc1ccc(-c2c(C)ccc3c2oc2nc4c(cc23)C(C)(C)c2ccccc2-4)[n+](C)c1. The van der Waals surface area contributed by atoms with E-state index in [4.69, 9.17) is 37.6 Å². The third-order valence-electron chi connectivity index (χ3n) is 27.6. The molecule has 20 aromatic rings. The number of hydrogen-bond donors (Lipinski definition) is 0. The van der Waals surface area contributed by atoms with Gasteiger partial charge in [-0.1, -0.05) is 139 Å². The molecule has 0 amide bonds. The van der Waals surface area contributed by atoms with E-state index in [0.717, 1.165) is 128 Å². The molecule has 0 bridgehead atoms. The van der Waals surface area contributed by atoms with Crippen LogP contribution in [0.15, 0.2) is 261 Å². The van der Waals surface area contributed by atoms with Crippen LogP contribution in [0.5, 0.6) is 0 Å². The van der Waals surface area contributed by atoms with Gasteiger partial charge in [0.15, 0.2) is 30.4 Å². The van der Waals surface area contributed by atoms with Gasteiger partial charge in [-0.2, -0.15) is 0 Å².